The van der Waals surface area contributed by atoms with Gasteiger partial charge in [-0.3, -0.25) is 14.4 Å². The van der Waals surface area contributed by atoms with E-state index >= 15 is 0 Å². The van der Waals surface area contributed by atoms with Gasteiger partial charge in [-0.15, -0.1) is 0 Å². The maximum Gasteiger partial charge on any atom is 0.407 e. The van der Waals surface area contributed by atoms with E-state index in [1.807, 2.05) is 0 Å². The summed E-state index contributed by atoms with van der Waals surface area (Å²) in [5.41, 5.74) is -1.54. The molecule has 1 aromatic carbocycles. The Hall–Kier alpha value is -2.84. The van der Waals surface area contributed by atoms with Crippen LogP contribution in [0.3, 0.4) is 0 Å². The number of hydrogen-bond acceptors (Lipinski definition) is 6. The normalized spacial score (nSPS) is 12.1. The van der Waals surface area contributed by atoms with Gasteiger partial charge in [-0.05, 0) is 39.8 Å². The minimum atomic E-state index is -1.54. The average Bonchev–Trinajstić information content (AvgIpc) is 2.57. The van der Waals surface area contributed by atoms with E-state index in [0.29, 0.717) is 0 Å². The summed E-state index contributed by atoms with van der Waals surface area (Å²) in [7, 11) is 0. The van der Waals surface area contributed by atoms with Gasteiger partial charge in [-0.25, -0.2) is 13.6 Å². The van der Waals surface area contributed by atoms with Crippen molar-refractivity contribution in [1.82, 2.24) is 5.32 Å². The molecule has 0 aliphatic heterocycles. The molecular weight excluding hydrogens is 388 g/mol. The number of esters is 1. The summed E-state index contributed by atoms with van der Waals surface area (Å²) in [6.07, 6.45) is -1.79. The van der Waals surface area contributed by atoms with Crippen LogP contribution < -0.4 is 5.32 Å². The fourth-order valence-corrected chi connectivity index (χ4v) is 2.40. The van der Waals surface area contributed by atoms with Gasteiger partial charge in [0.1, 0.15) is 28.9 Å². The Morgan fingerprint density at radius 1 is 1.10 bits per heavy atom. The van der Waals surface area contributed by atoms with Crippen molar-refractivity contribution >= 4 is 23.6 Å². The van der Waals surface area contributed by atoms with Crippen LogP contribution in [-0.4, -0.2) is 42.4 Å². The second kappa shape index (κ2) is 10.6. The first-order valence-corrected chi connectivity index (χ1v) is 9.09. The SMILES string of the molecule is CCOC(=O)C(CC(=O)c1c(F)cccc1F)C(=O)CCNC(=O)OC(C)(C)C. The molecule has 0 aliphatic rings. The van der Waals surface area contributed by atoms with E-state index in [0.717, 1.165) is 18.2 Å². The third kappa shape index (κ3) is 7.97. The van der Waals surface area contributed by atoms with Crippen molar-refractivity contribution in [3.63, 3.8) is 0 Å². The van der Waals surface area contributed by atoms with Crippen molar-refractivity contribution in [2.24, 2.45) is 5.92 Å². The number of halogens is 2. The van der Waals surface area contributed by atoms with Crippen LogP contribution in [0.25, 0.3) is 0 Å². The zero-order valence-electron chi connectivity index (χ0n) is 16.8. The number of hydrogen-bond donors (Lipinski definition) is 1. The Kier molecular flexibility index (Phi) is 8.87. The fourth-order valence-electron chi connectivity index (χ4n) is 2.40. The summed E-state index contributed by atoms with van der Waals surface area (Å²) in [4.78, 5) is 48.5. The standard InChI is InChI=1S/C20H25F2NO6/c1-5-28-18(26)12(11-16(25)17-13(21)7-6-8-14(17)22)15(24)9-10-23-19(27)29-20(2,3)4/h6-8,12H,5,9-11H2,1-4H3,(H,23,27). The molecule has 0 saturated carbocycles. The largest absolute Gasteiger partial charge is 0.465 e. The molecule has 0 aromatic heterocycles. The van der Waals surface area contributed by atoms with Crippen LogP contribution in [0.4, 0.5) is 13.6 Å². The number of rotatable bonds is 9. The van der Waals surface area contributed by atoms with Gasteiger partial charge in [-0.1, -0.05) is 6.07 Å². The zero-order chi connectivity index (χ0) is 22.2. The molecule has 1 atom stereocenters. The fraction of sp³-hybridized carbons (Fsp3) is 0.500. The number of benzene rings is 1. The van der Waals surface area contributed by atoms with Crippen molar-refractivity contribution in [3.05, 3.63) is 35.4 Å². The number of carbonyl (C=O) groups excluding carboxylic acids is 4. The van der Waals surface area contributed by atoms with Crippen LogP contribution in [0.2, 0.25) is 0 Å². The van der Waals surface area contributed by atoms with Gasteiger partial charge in [0.15, 0.2) is 5.78 Å². The highest BCUT2D eigenvalue weighted by Crippen LogP contribution is 2.19. The van der Waals surface area contributed by atoms with Gasteiger partial charge in [-0.2, -0.15) is 0 Å². The highest BCUT2D eigenvalue weighted by molar-refractivity contribution is 6.06. The predicted molar refractivity (Wildman–Crippen MR) is 99.3 cm³/mol. The molecule has 0 radical (unpaired) electrons. The van der Waals surface area contributed by atoms with Crippen LogP contribution in [0, 0.1) is 17.6 Å². The molecule has 7 nitrogen and oxygen atoms in total. The quantitative estimate of drug-likeness (QED) is 0.379. The lowest BCUT2D eigenvalue weighted by molar-refractivity contribution is -0.151. The van der Waals surface area contributed by atoms with Crippen molar-refractivity contribution in [3.8, 4) is 0 Å². The highest BCUT2D eigenvalue weighted by atomic mass is 19.1. The smallest absolute Gasteiger partial charge is 0.407 e. The van der Waals surface area contributed by atoms with Crippen LogP contribution in [0.1, 0.15) is 50.9 Å². The lowest BCUT2D eigenvalue weighted by Gasteiger charge is -2.20. The summed E-state index contributed by atoms with van der Waals surface area (Å²) in [5.74, 6) is -6.42. The number of carbonyl (C=O) groups is 4. The van der Waals surface area contributed by atoms with Gasteiger partial charge in [0.05, 0.1) is 12.2 Å². The Balaban J connectivity index is 2.82. The predicted octanol–water partition coefficient (Wildman–Crippen LogP) is 3.20. The number of amides is 1. The van der Waals surface area contributed by atoms with Gasteiger partial charge in [0.2, 0.25) is 0 Å². The first kappa shape index (κ1) is 24.2. The number of Topliss-reactive ketones (excluding diaryl/α,β-unsaturated/α-hetero) is 2. The van der Waals surface area contributed by atoms with E-state index < -0.39 is 58.8 Å². The van der Waals surface area contributed by atoms with Crippen molar-refractivity contribution in [1.29, 1.82) is 0 Å². The molecule has 1 aromatic rings. The van der Waals surface area contributed by atoms with Crippen LogP contribution >= 0.6 is 0 Å². The molecule has 1 N–H and O–H groups in total. The summed E-state index contributed by atoms with van der Waals surface area (Å²) in [6.45, 7) is 6.33. The molecule has 0 bridgehead atoms. The topological polar surface area (TPSA) is 98.8 Å². The third-order valence-corrected chi connectivity index (χ3v) is 3.63. The minimum Gasteiger partial charge on any atom is -0.465 e. The van der Waals surface area contributed by atoms with E-state index in [-0.39, 0.29) is 19.6 Å². The van der Waals surface area contributed by atoms with Crippen molar-refractivity contribution in [2.75, 3.05) is 13.2 Å². The first-order chi connectivity index (χ1) is 13.5. The number of ketones is 2. The Bertz CT molecular complexity index is 752. The van der Waals surface area contributed by atoms with E-state index in [1.54, 1.807) is 20.8 Å². The maximum absolute atomic E-state index is 13.8. The zero-order valence-corrected chi connectivity index (χ0v) is 16.8. The molecule has 29 heavy (non-hydrogen) atoms. The summed E-state index contributed by atoms with van der Waals surface area (Å²) < 4.78 is 37.4. The van der Waals surface area contributed by atoms with Crippen molar-refractivity contribution < 1.29 is 37.4 Å². The highest BCUT2D eigenvalue weighted by Gasteiger charge is 2.32. The van der Waals surface area contributed by atoms with Crippen molar-refractivity contribution in [2.45, 2.75) is 46.1 Å². The molecule has 0 aliphatic carbocycles. The van der Waals surface area contributed by atoms with Crippen LogP contribution in [0.15, 0.2) is 18.2 Å². The minimum absolute atomic E-state index is 0.0407. The molecule has 1 unspecified atom stereocenters. The lowest BCUT2D eigenvalue weighted by Crippen LogP contribution is -2.35. The Labute approximate surface area is 167 Å². The molecule has 0 fully saturated rings. The first-order valence-electron chi connectivity index (χ1n) is 9.09. The summed E-state index contributed by atoms with van der Waals surface area (Å²) >= 11 is 0. The summed E-state index contributed by atoms with van der Waals surface area (Å²) in [6, 6.07) is 2.91. The second-order valence-corrected chi connectivity index (χ2v) is 7.17. The maximum atomic E-state index is 13.8. The number of alkyl carbamates (subject to hydrolysis) is 1. The molecule has 0 spiro atoms. The number of ether oxygens (including phenoxy) is 2. The van der Waals surface area contributed by atoms with Gasteiger partial charge >= 0.3 is 12.1 Å². The summed E-state index contributed by atoms with van der Waals surface area (Å²) in [5, 5.41) is 2.36. The average molecular weight is 413 g/mol. The van der Waals surface area contributed by atoms with E-state index in [2.05, 4.69) is 5.32 Å². The van der Waals surface area contributed by atoms with E-state index in [9.17, 15) is 28.0 Å². The molecular formula is C20H25F2NO6. The molecule has 0 heterocycles. The van der Waals surface area contributed by atoms with Crippen LogP contribution in [0.5, 0.6) is 0 Å². The monoisotopic (exact) mass is 413 g/mol. The van der Waals surface area contributed by atoms with Crippen LogP contribution in [-0.2, 0) is 19.1 Å². The van der Waals surface area contributed by atoms with Gasteiger partial charge in [0.25, 0.3) is 0 Å². The number of nitrogens with one attached hydrogen (secondary N) is 1. The van der Waals surface area contributed by atoms with E-state index in [4.69, 9.17) is 9.47 Å². The van der Waals surface area contributed by atoms with Gasteiger partial charge in [0, 0.05) is 19.4 Å². The van der Waals surface area contributed by atoms with E-state index in [1.165, 1.54) is 6.92 Å². The molecule has 1 rings (SSSR count). The Morgan fingerprint density at radius 2 is 1.69 bits per heavy atom. The Morgan fingerprint density at radius 3 is 2.21 bits per heavy atom. The molecule has 160 valence electrons. The molecule has 1 amide bonds. The second-order valence-electron chi connectivity index (χ2n) is 7.17. The van der Waals surface area contributed by atoms with Gasteiger partial charge < -0.3 is 14.8 Å². The molecule has 9 heteroatoms. The molecule has 0 saturated heterocycles. The lowest BCUT2D eigenvalue weighted by atomic mass is 9.92. The third-order valence-electron chi connectivity index (χ3n) is 3.63.